The van der Waals surface area contributed by atoms with Gasteiger partial charge in [-0.25, -0.2) is 0 Å². The summed E-state index contributed by atoms with van der Waals surface area (Å²) < 4.78 is 76.2. The third-order valence-electron chi connectivity index (χ3n) is 8.91. The van der Waals surface area contributed by atoms with Crippen molar-refractivity contribution in [3.8, 4) is 11.8 Å². The van der Waals surface area contributed by atoms with Gasteiger partial charge in [0.2, 0.25) is 0 Å². The topological polar surface area (TPSA) is 105 Å². The highest BCUT2D eigenvalue weighted by Gasteiger charge is 2.64. The van der Waals surface area contributed by atoms with Gasteiger partial charge in [0.1, 0.15) is 11.9 Å². The summed E-state index contributed by atoms with van der Waals surface area (Å²) >= 11 is 0. The molecule has 1 fully saturated rings. The second-order valence-corrected chi connectivity index (χ2v) is 14.9. The first-order chi connectivity index (χ1) is 22.0. The summed E-state index contributed by atoms with van der Waals surface area (Å²) in [4.78, 5) is 13.4. The Morgan fingerprint density at radius 2 is 1.53 bits per heavy atom. The number of nitriles is 1. The fourth-order valence-corrected chi connectivity index (χ4v) is 7.57. The van der Waals surface area contributed by atoms with E-state index >= 15 is 0 Å². The molecule has 47 heavy (non-hydrogen) atoms. The van der Waals surface area contributed by atoms with Crippen LogP contribution in [0.15, 0.2) is 71.6 Å². The van der Waals surface area contributed by atoms with Gasteiger partial charge in [-0.15, -0.1) is 0 Å². The molecule has 11 heteroatoms. The largest absolute Gasteiger partial charge is 0.489 e. The van der Waals surface area contributed by atoms with Gasteiger partial charge >= 0.3 is 6.18 Å². The molecule has 0 aromatic heterocycles. The number of carbonyl (C=O) groups excluding carboxylic acids is 1. The van der Waals surface area contributed by atoms with E-state index in [1.165, 1.54) is 6.07 Å². The second kappa shape index (κ2) is 14.1. The minimum Gasteiger partial charge on any atom is -0.489 e. The number of ether oxygens (including phenoxy) is 1. The first-order valence-corrected chi connectivity index (χ1v) is 17.0. The number of halogens is 3. The highest BCUT2D eigenvalue weighted by molar-refractivity contribution is 7.86. The Morgan fingerprint density at radius 1 is 0.915 bits per heavy atom. The maximum atomic E-state index is 13.5. The molecule has 0 heterocycles. The third-order valence-corrected chi connectivity index (χ3v) is 10.2. The molecule has 0 saturated heterocycles. The van der Waals surface area contributed by atoms with E-state index < -0.39 is 44.4 Å². The van der Waals surface area contributed by atoms with Crippen molar-refractivity contribution in [2.75, 3.05) is 6.61 Å². The lowest BCUT2D eigenvalue weighted by atomic mass is 9.49. The molecular formula is C36H41F3N2O5S. The standard InChI is InChI=1S/C36H41F3N2O5S/c1-24-11-19-29(20-12-24)47(43,44)45-21-9-7-6-8-10-25-13-15-26(16-14-25)31(42)41-32-34(2,3)33(35(32,4)5)46-28-18-17-27(23-40)30(22-28)36(37,38)39/h11-20,22,32-33H,6-10,21H2,1-5H3,(H,41,42). The molecule has 1 saturated carbocycles. The first kappa shape index (κ1) is 36.0. The van der Waals surface area contributed by atoms with Crippen molar-refractivity contribution in [2.45, 2.75) is 89.9 Å². The Labute approximate surface area is 275 Å². The average molecular weight is 671 g/mol. The second-order valence-electron chi connectivity index (χ2n) is 13.3. The molecule has 252 valence electrons. The lowest BCUT2D eigenvalue weighted by molar-refractivity contribution is -0.164. The molecule has 0 aliphatic heterocycles. The Morgan fingerprint density at radius 3 is 2.13 bits per heavy atom. The monoisotopic (exact) mass is 670 g/mol. The Balaban J connectivity index is 1.23. The van der Waals surface area contributed by atoms with Crippen LogP contribution in [0.1, 0.15) is 86.0 Å². The number of amides is 1. The van der Waals surface area contributed by atoms with E-state index in [4.69, 9.17) is 14.2 Å². The number of aryl methyl sites for hydroxylation is 2. The molecule has 3 aromatic carbocycles. The Kier molecular flexibility index (Phi) is 10.8. The van der Waals surface area contributed by atoms with Crippen LogP contribution in [0.3, 0.4) is 0 Å². The van der Waals surface area contributed by atoms with E-state index in [-0.39, 0.29) is 29.2 Å². The number of rotatable bonds is 13. The predicted octanol–water partition coefficient (Wildman–Crippen LogP) is 8.01. The molecule has 1 amide bonds. The molecule has 3 aromatic rings. The smallest absolute Gasteiger partial charge is 0.417 e. The van der Waals surface area contributed by atoms with Crippen LogP contribution < -0.4 is 10.1 Å². The predicted molar refractivity (Wildman–Crippen MR) is 172 cm³/mol. The SMILES string of the molecule is Cc1ccc(S(=O)(=O)OCCCCCCc2ccc(C(=O)NC3C(C)(C)C(Oc4ccc(C#N)c(C(F)(F)F)c4)C3(C)C)cc2)cc1. The van der Waals surface area contributed by atoms with E-state index in [2.05, 4.69) is 5.32 Å². The van der Waals surface area contributed by atoms with Crippen LogP contribution >= 0.6 is 0 Å². The number of carbonyl (C=O) groups is 1. The van der Waals surface area contributed by atoms with E-state index in [0.717, 1.165) is 48.9 Å². The Hall–Kier alpha value is -3.88. The van der Waals surface area contributed by atoms with Crippen molar-refractivity contribution in [1.29, 1.82) is 5.26 Å². The highest BCUT2D eigenvalue weighted by atomic mass is 32.2. The van der Waals surface area contributed by atoms with Crippen molar-refractivity contribution in [1.82, 2.24) is 5.32 Å². The molecule has 0 spiro atoms. The van der Waals surface area contributed by atoms with Crippen LogP contribution in [0.25, 0.3) is 0 Å². The third kappa shape index (κ3) is 8.35. The van der Waals surface area contributed by atoms with Crippen molar-refractivity contribution < 1.29 is 35.3 Å². The fourth-order valence-electron chi connectivity index (χ4n) is 6.63. The fraction of sp³-hybridized carbons (Fsp3) is 0.444. The summed E-state index contributed by atoms with van der Waals surface area (Å²) in [5.41, 5.74) is -0.150. The number of benzene rings is 3. The average Bonchev–Trinajstić information content (AvgIpc) is 3.01. The zero-order valence-corrected chi connectivity index (χ0v) is 28.1. The normalized spacial score (nSPS) is 18.5. The van der Waals surface area contributed by atoms with Gasteiger partial charge in [0.25, 0.3) is 16.0 Å². The number of nitrogens with zero attached hydrogens (tertiary/aromatic N) is 1. The van der Waals surface area contributed by atoms with Gasteiger partial charge in [-0.2, -0.15) is 26.9 Å². The van der Waals surface area contributed by atoms with Crippen LogP contribution in [-0.4, -0.2) is 33.1 Å². The summed E-state index contributed by atoms with van der Waals surface area (Å²) in [6.07, 6.45) is -1.09. The van der Waals surface area contributed by atoms with Crippen LogP contribution in [0.2, 0.25) is 0 Å². The van der Waals surface area contributed by atoms with Crippen LogP contribution in [-0.2, 0) is 26.9 Å². The molecule has 1 aliphatic rings. The Bertz CT molecular complexity index is 1700. The molecule has 0 radical (unpaired) electrons. The zero-order chi connectivity index (χ0) is 34.6. The summed E-state index contributed by atoms with van der Waals surface area (Å²) in [7, 11) is -3.75. The van der Waals surface area contributed by atoms with Gasteiger partial charge in [0.05, 0.1) is 28.7 Å². The molecule has 1 N–H and O–H groups in total. The summed E-state index contributed by atoms with van der Waals surface area (Å²) in [5, 5.41) is 12.2. The van der Waals surface area contributed by atoms with Gasteiger partial charge in [-0.05, 0) is 74.2 Å². The van der Waals surface area contributed by atoms with Gasteiger partial charge in [-0.3, -0.25) is 8.98 Å². The molecule has 0 bridgehead atoms. The number of alkyl halides is 3. The molecule has 0 unspecified atom stereocenters. The molecule has 1 aliphatic carbocycles. The summed E-state index contributed by atoms with van der Waals surface area (Å²) in [5.74, 6) is -0.235. The lowest BCUT2D eigenvalue weighted by Gasteiger charge is -2.63. The summed E-state index contributed by atoms with van der Waals surface area (Å²) in [6.45, 7) is 9.64. The van der Waals surface area contributed by atoms with Crippen molar-refractivity contribution in [3.05, 3.63) is 94.5 Å². The van der Waals surface area contributed by atoms with Gasteiger partial charge < -0.3 is 10.1 Å². The van der Waals surface area contributed by atoms with E-state index in [9.17, 15) is 26.4 Å². The van der Waals surface area contributed by atoms with Crippen molar-refractivity contribution in [3.63, 3.8) is 0 Å². The number of unbranched alkanes of at least 4 members (excludes halogenated alkanes) is 3. The molecular weight excluding hydrogens is 629 g/mol. The molecule has 4 rings (SSSR count). The minimum atomic E-state index is -4.69. The van der Waals surface area contributed by atoms with Crippen LogP contribution in [0.5, 0.6) is 5.75 Å². The van der Waals surface area contributed by atoms with Crippen LogP contribution in [0.4, 0.5) is 13.2 Å². The highest BCUT2D eigenvalue weighted by Crippen LogP contribution is 2.55. The van der Waals surface area contributed by atoms with E-state index in [1.807, 2.05) is 46.8 Å². The van der Waals surface area contributed by atoms with E-state index in [0.29, 0.717) is 12.0 Å². The zero-order valence-electron chi connectivity index (χ0n) is 27.3. The summed E-state index contributed by atoms with van der Waals surface area (Å²) in [6, 6.07) is 18.5. The number of hydrogen-bond donors (Lipinski definition) is 1. The quantitative estimate of drug-likeness (QED) is 0.146. The molecule has 7 nitrogen and oxygen atoms in total. The maximum Gasteiger partial charge on any atom is 0.417 e. The minimum absolute atomic E-state index is 0.0160. The van der Waals surface area contributed by atoms with Crippen LogP contribution in [0, 0.1) is 29.1 Å². The van der Waals surface area contributed by atoms with Crippen molar-refractivity contribution >= 4 is 16.0 Å². The van der Waals surface area contributed by atoms with Gasteiger partial charge in [0.15, 0.2) is 0 Å². The number of nitrogens with one attached hydrogen (secondary N) is 1. The number of hydrogen-bond acceptors (Lipinski definition) is 6. The molecule has 0 atom stereocenters. The first-order valence-electron chi connectivity index (χ1n) is 15.6. The van der Waals surface area contributed by atoms with Gasteiger partial charge in [-0.1, -0.05) is 70.4 Å². The van der Waals surface area contributed by atoms with Crippen molar-refractivity contribution in [2.24, 2.45) is 10.8 Å². The maximum absolute atomic E-state index is 13.5. The van der Waals surface area contributed by atoms with E-state index in [1.54, 1.807) is 42.5 Å². The van der Waals surface area contributed by atoms with Gasteiger partial charge in [0, 0.05) is 22.4 Å². The lowest BCUT2D eigenvalue weighted by Crippen LogP contribution is -2.74.